The highest BCUT2D eigenvalue weighted by atomic mass is 15.0. The minimum atomic E-state index is 0.541. The van der Waals surface area contributed by atoms with Gasteiger partial charge in [-0.25, -0.2) is 0 Å². The highest BCUT2D eigenvalue weighted by Gasteiger charge is 2.21. The van der Waals surface area contributed by atoms with Crippen molar-refractivity contribution in [2.45, 2.75) is 0 Å². The van der Waals surface area contributed by atoms with Crippen molar-refractivity contribution >= 4 is 43.6 Å². The van der Waals surface area contributed by atoms with Crippen LogP contribution in [0.25, 0.3) is 77.2 Å². The molecule has 230 valence electrons. The van der Waals surface area contributed by atoms with Gasteiger partial charge >= 0.3 is 0 Å². The first-order valence-electron chi connectivity index (χ1n) is 16.3. The predicted molar refractivity (Wildman–Crippen MR) is 200 cm³/mol. The lowest BCUT2D eigenvalue weighted by atomic mass is 9.92. The van der Waals surface area contributed by atoms with Crippen LogP contribution in [0, 0.1) is 34.0 Å². The van der Waals surface area contributed by atoms with Crippen LogP contribution in [0.2, 0.25) is 0 Å². The van der Waals surface area contributed by atoms with Gasteiger partial charge in [-0.1, -0.05) is 91.0 Å². The number of hydrogen-bond donors (Lipinski definition) is 0. The van der Waals surface area contributed by atoms with E-state index in [2.05, 4.69) is 69.8 Å². The molecule has 7 aromatic carbocycles. The van der Waals surface area contributed by atoms with Gasteiger partial charge in [-0.15, -0.1) is 0 Å². The summed E-state index contributed by atoms with van der Waals surface area (Å²) < 4.78 is 4.36. The molecule has 0 aliphatic heterocycles. The lowest BCUT2D eigenvalue weighted by molar-refractivity contribution is 1.17. The summed E-state index contributed by atoms with van der Waals surface area (Å²) in [4.78, 5) is 0. The Bertz CT molecular complexity index is 2920. The van der Waals surface area contributed by atoms with Gasteiger partial charge in [-0.3, -0.25) is 0 Å². The molecule has 0 saturated heterocycles. The molecule has 0 N–H and O–H groups in total. The molecule has 0 unspecified atom stereocenters. The number of para-hydroxylation sites is 3. The first-order chi connectivity index (χ1) is 24.7. The molecule has 0 aliphatic carbocycles. The van der Waals surface area contributed by atoms with E-state index in [1.165, 1.54) is 0 Å². The summed E-state index contributed by atoms with van der Waals surface area (Å²) in [5, 5.41) is 35.1. The summed E-state index contributed by atoms with van der Waals surface area (Å²) in [5.74, 6) is 0. The predicted octanol–water partition coefficient (Wildman–Crippen LogP) is 10.8. The van der Waals surface area contributed by atoms with Crippen LogP contribution in [0.3, 0.4) is 0 Å². The molecule has 0 amide bonds. The van der Waals surface area contributed by atoms with Crippen molar-refractivity contribution in [2.24, 2.45) is 0 Å². The van der Waals surface area contributed by atoms with Crippen molar-refractivity contribution < 1.29 is 0 Å². The Morgan fingerprint density at radius 1 is 0.400 bits per heavy atom. The van der Waals surface area contributed by atoms with Gasteiger partial charge in [-0.05, 0) is 71.8 Å². The summed E-state index contributed by atoms with van der Waals surface area (Å²) >= 11 is 0. The van der Waals surface area contributed by atoms with Gasteiger partial charge in [0.1, 0.15) is 6.07 Å². The van der Waals surface area contributed by atoms with Gasteiger partial charge in [0, 0.05) is 32.7 Å². The van der Waals surface area contributed by atoms with Crippen molar-refractivity contribution in [1.82, 2.24) is 9.13 Å². The largest absolute Gasteiger partial charge is 0.309 e. The number of hydrogen-bond acceptors (Lipinski definition) is 3. The minimum absolute atomic E-state index is 0.541. The summed E-state index contributed by atoms with van der Waals surface area (Å²) in [6.07, 6.45) is 0. The third-order valence-corrected chi connectivity index (χ3v) is 9.64. The maximum absolute atomic E-state index is 10.7. The van der Waals surface area contributed by atoms with E-state index < -0.39 is 0 Å². The molecule has 2 heterocycles. The van der Waals surface area contributed by atoms with E-state index in [9.17, 15) is 15.8 Å². The number of rotatable bonds is 4. The van der Waals surface area contributed by atoms with Crippen LogP contribution in [0.4, 0.5) is 0 Å². The van der Waals surface area contributed by atoms with E-state index in [0.717, 1.165) is 77.2 Å². The van der Waals surface area contributed by atoms with Gasteiger partial charge < -0.3 is 9.13 Å². The van der Waals surface area contributed by atoms with Crippen molar-refractivity contribution in [3.63, 3.8) is 0 Å². The van der Waals surface area contributed by atoms with Crippen LogP contribution in [0.5, 0.6) is 0 Å². The zero-order valence-corrected chi connectivity index (χ0v) is 26.7. The lowest BCUT2D eigenvalue weighted by Gasteiger charge is -2.17. The van der Waals surface area contributed by atoms with Gasteiger partial charge in [-0.2, -0.15) is 15.8 Å². The van der Waals surface area contributed by atoms with Crippen LogP contribution in [-0.2, 0) is 0 Å². The summed E-state index contributed by atoms with van der Waals surface area (Å²) in [5.41, 5.74) is 10.7. The second kappa shape index (κ2) is 11.4. The molecule has 0 atom stereocenters. The fraction of sp³-hybridized carbons (Fsp3) is 0. The first kappa shape index (κ1) is 28.8. The van der Waals surface area contributed by atoms with Crippen LogP contribution >= 0.6 is 0 Å². The van der Waals surface area contributed by atoms with E-state index >= 15 is 0 Å². The average Bonchev–Trinajstić information content (AvgIpc) is 3.69. The molecule has 0 spiro atoms. The Kier molecular flexibility index (Phi) is 6.56. The zero-order chi connectivity index (χ0) is 33.8. The Hall–Kier alpha value is -7.39. The number of aromatic nitrogens is 2. The Balaban J connectivity index is 1.27. The molecule has 9 aromatic rings. The van der Waals surface area contributed by atoms with Crippen molar-refractivity contribution in [2.75, 3.05) is 0 Å². The number of benzene rings is 7. The van der Waals surface area contributed by atoms with Gasteiger partial charge in [0.2, 0.25) is 0 Å². The van der Waals surface area contributed by atoms with Gasteiger partial charge in [0.15, 0.2) is 0 Å². The summed E-state index contributed by atoms with van der Waals surface area (Å²) in [7, 11) is 0. The molecule has 0 aliphatic rings. The Morgan fingerprint density at radius 2 is 0.960 bits per heavy atom. The lowest BCUT2D eigenvalue weighted by Crippen LogP contribution is -2.00. The third kappa shape index (κ3) is 4.24. The second-order valence-electron chi connectivity index (χ2n) is 12.3. The maximum Gasteiger partial charge on any atom is 0.102 e. The fourth-order valence-electron chi connectivity index (χ4n) is 7.53. The summed E-state index contributed by atoms with van der Waals surface area (Å²) in [6.45, 7) is 0. The van der Waals surface area contributed by atoms with E-state index in [1.54, 1.807) is 0 Å². The molecule has 50 heavy (non-hydrogen) atoms. The molecule has 9 rings (SSSR count). The molecular formula is C45H25N5. The highest BCUT2D eigenvalue weighted by molar-refractivity contribution is 6.11. The molecule has 5 nitrogen and oxygen atoms in total. The highest BCUT2D eigenvalue weighted by Crippen LogP contribution is 2.40. The summed E-state index contributed by atoms with van der Waals surface area (Å²) in [6, 6.07) is 57.6. The molecule has 0 saturated carbocycles. The smallest absolute Gasteiger partial charge is 0.102 e. The monoisotopic (exact) mass is 635 g/mol. The molecular weight excluding hydrogens is 611 g/mol. The average molecular weight is 636 g/mol. The quantitative estimate of drug-likeness (QED) is 0.193. The SMILES string of the molecule is N#Cc1ccc2c(c1)c1ccccc1n2-c1cccc(C#N)c1-c1cccc(-c2cccc(-n3c4ccccc4c4ccccc43)c2C#N)c1. The number of nitrogens with zero attached hydrogens (tertiary/aromatic N) is 5. The van der Waals surface area contributed by atoms with Crippen molar-refractivity contribution in [3.8, 4) is 51.8 Å². The molecule has 0 radical (unpaired) electrons. The van der Waals surface area contributed by atoms with Crippen LogP contribution in [0.15, 0.2) is 152 Å². The normalized spacial score (nSPS) is 11.1. The van der Waals surface area contributed by atoms with E-state index in [1.807, 2.05) is 109 Å². The van der Waals surface area contributed by atoms with Crippen molar-refractivity contribution in [1.29, 1.82) is 15.8 Å². The van der Waals surface area contributed by atoms with Crippen LogP contribution < -0.4 is 0 Å². The Labute approximate surface area is 287 Å². The number of fused-ring (bicyclic) bond motifs is 6. The second-order valence-corrected chi connectivity index (χ2v) is 12.3. The van der Waals surface area contributed by atoms with E-state index in [0.29, 0.717) is 16.7 Å². The molecule has 0 fully saturated rings. The molecule has 5 heteroatoms. The standard InChI is InChI=1S/C45H25N5/c46-26-29-22-23-43-37(24-29)36-15-3-6-19-41(36)50(43)44-21-8-12-32(27-47)45(44)31-11-7-10-30(25-31)33-16-9-20-42(38(33)28-48)49-39-17-4-1-13-34(39)35-14-2-5-18-40(35)49/h1-25H. The number of nitriles is 3. The van der Waals surface area contributed by atoms with E-state index in [4.69, 9.17) is 0 Å². The topological polar surface area (TPSA) is 81.2 Å². The maximum atomic E-state index is 10.7. The van der Waals surface area contributed by atoms with Crippen molar-refractivity contribution in [3.05, 3.63) is 168 Å². The molecule has 0 bridgehead atoms. The third-order valence-electron chi connectivity index (χ3n) is 9.64. The van der Waals surface area contributed by atoms with Crippen LogP contribution in [0.1, 0.15) is 16.7 Å². The Morgan fingerprint density at radius 3 is 1.62 bits per heavy atom. The first-order valence-corrected chi connectivity index (χ1v) is 16.3. The fourth-order valence-corrected chi connectivity index (χ4v) is 7.53. The minimum Gasteiger partial charge on any atom is -0.309 e. The van der Waals surface area contributed by atoms with Gasteiger partial charge in [0.05, 0.1) is 62.3 Å². The molecule has 2 aromatic heterocycles. The van der Waals surface area contributed by atoms with Crippen LogP contribution in [-0.4, -0.2) is 9.13 Å². The zero-order valence-electron chi connectivity index (χ0n) is 26.7. The van der Waals surface area contributed by atoms with Gasteiger partial charge in [0.25, 0.3) is 0 Å². The van der Waals surface area contributed by atoms with E-state index in [-0.39, 0.29) is 0 Å².